The van der Waals surface area contributed by atoms with Crippen LogP contribution in [0.5, 0.6) is 0 Å². The second-order valence-electron chi connectivity index (χ2n) is 7.72. The molecule has 2 aromatic rings. The fraction of sp³-hybridized carbons (Fsp3) is 0.435. The Balaban J connectivity index is 1.66. The zero-order chi connectivity index (χ0) is 21.5. The summed E-state index contributed by atoms with van der Waals surface area (Å²) in [6, 6.07) is 13.6. The largest absolute Gasteiger partial charge is 0.469 e. The average molecular weight is 430 g/mol. The van der Waals surface area contributed by atoms with Gasteiger partial charge in [0.15, 0.2) is 0 Å². The third-order valence-electron chi connectivity index (χ3n) is 5.51. The number of aromatic nitrogens is 1. The Morgan fingerprint density at radius 2 is 1.90 bits per heavy atom. The normalized spacial score (nSPS) is 15.5. The van der Waals surface area contributed by atoms with Crippen LogP contribution < -0.4 is 4.90 Å². The summed E-state index contributed by atoms with van der Waals surface area (Å²) in [5.41, 5.74) is 1.05. The molecule has 1 aliphatic heterocycles. The van der Waals surface area contributed by atoms with Gasteiger partial charge in [0.25, 0.3) is 0 Å². The van der Waals surface area contributed by atoms with Gasteiger partial charge in [0.1, 0.15) is 5.82 Å². The molecule has 1 aromatic carbocycles. The molecule has 0 spiro atoms. The predicted molar refractivity (Wildman–Crippen MR) is 117 cm³/mol. The molecule has 160 valence electrons. The van der Waals surface area contributed by atoms with E-state index in [1.54, 1.807) is 18.0 Å². The predicted octanol–water partition coefficient (Wildman–Crippen LogP) is 3.79. The Bertz CT molecular complexity index is 837. The van der Waals surface area contributed by atoms with Crippen molar-refractivity contribution in [3.05, 3.63) is 59.2 Å². The van der Waals surface area contributed by atoms with E-state index in [0.717, 1.165) is 37.3 Å². The molecule has 6 nitrogen and oxygen atoms in total. The van der Waals surface area contributed by atoms with Crippen molar-refractivity contribution in [2.24, 2.45) is 11.8 Å². The summed E-state index contributed by atoms with van der Waals surface area (Å²) in [4.78, 5) is 33.7. The van der Waals surface area contributed by atoms with Gasteiger partial charge in [-0.05, 0) is 30.5 Å². The summed E-state index contributed by atoms with van der Waals surface area (Å²) >= 11 is 5.93. The van der Waals surface area contributed by atoms with Gasteiger partial charge in [-0.25, -0.2) is 4.98 Å². The van der Waals surface area contributed by atoms with E-state index < -0.39 is 0 Å². The molecule has 0 N–H and O–H groups in total. The number of carbonyl (C=O) groups excluding carboxylic acids is 2. The van der Waals surface area contributed by atoms with Crippen LogP contribution in [0.1, 0.15) is 25.3 Å². The maximum atomic E-state index is 13.4. The van der Waals surface area contributed by atoms with Crippen molar-refractivity contribution >= 4 is 29.3 Å². The molecule has 1 amide bonds. The minimum Gasteiger partial charge on any atom is -0.469 e. The maximum Gasteiger partial charge on any atom is 0.310 e. The lowest BCUT2D eigenvalue weighted by atomic mass is 9.94. The lowest BCUT2D eigenvalue weighted by Gasteiger charge is -2.35. The van der Waals surface area contributed by atoms with Crippen LogP contribution >= 0.6 is 11.6 Å². The van der Waals surface area contributed by atoms with E-state index in [9.17, 15) is 9.59 Å². The second kappa shape index (κ2) is 10.4. The average Bonchev–Trinajstić information content (AvgIpc) is 2.79. The topological polar surface area (TPSA) is 62.7 Å². The van der Waals surface area contributed by atoms with Crippen molar-refractivity contribution < 1.29 is 14.3 Å². The van der Waals surface area contributed by atoms with Crippen molar-refractivity contribution in [1.82, 2.24) is 9.88 Å². The highest BCUT2D eigenvalue weighted by Crippen LogP contribution is 2.25. The van der Waals surface area contributed by atoms with Crippen LogP contribution in [0, 0.1) is 11.8 Å². The molecule has 2 heterocycles. The second-order valence-corrected chi connectivity index (χ2v) is 8.16. The lowest BCUT2D eigenvalue weighted by Crippen LogP contribution is -2.44. The van der Waals surface area contributed by atoms with Crippen molar-refractivity contribution in [3.8, 4) is 0 Å². The minimum atomic E-state index is -0.374. The van der Waals surface area contributed by atoms with Crippen LogP contribution in [0.2, 0.25) is 5.02 Å². The summed E-state index contributed by atoms with van der Waals surface area (Å²) in [6.07, 6.45) is 3.14. The van der Waals surface area contributed by atoms with E-state index in [4.69, 9.17) is 16.3 Å². The van der Waals surface area contributed by atoms with Gasteiger partial charge < -0.3 is 14.5 Å². The molecule has 0 saturated carbocycles. The third-order valence-corrected chi connectivity index (χ3v) is 5.73. The maximum absolute atomic E-state index is 13.4. The molecule has 0 aliphatic carbocycles. The lowest BCUT2D eigenvalue weighted by molar-refractivity contribution is -0.147. The number of anilines is 1. The number of rotatable bonds is 7. The molecule has 7 heteroatoms. The van der Waals surface area contributed by atoms with Crippen molar-refractivity contribution in [1.29, 1.82) is 0 Å². The number of benzene rings is 1. The molecule has 1 saturated heterocycles. The quantitative estimate of drug-likeness (QED) is 0.626. The van der Waals surface area contributed by atoms with Crippen molar-refractivity contribution in [3.63, 3.8) is 0 Å². The van der Waals surface area contributed by atoms with Gasteiger partial charge in [-0.2, -0.15) is 0 Å². The Morgan fingerprint density at radius 1 is 1.20 bits per heavy atom. The van der Waals surface area contributed by atoms with Crippen molar-refractivity contribution in [2.75, 3.05) is 31.6 Å². The summed E-state index contributed by atoms with van der Waals surface area (Å²) in [5, 5.41) is 0.611. The first kappa shape index (κ1) is 22.1. The SMILES string of the molecule is COC(=O)C(C)CN(Cc1ccccc1)C(=O)C1CCN(c2ccc(Cl)cn2)CC1. The number of pyridine rings is 1. The molecule has 0 bridgehead atoms. The van der Waals surface area contributed by atoms with Crippen LogP contribution in [0.4, 0.5) is 5.82 Å². The molecule has 1 fully saturated rings. The number of piperidine rings is 1. The number of hydrogen-bond acceptors (Lipinski definition) is 5. The first-order chi connectivity index (χ1) is 14.5. The standard InChI is InChI=1S/C23H28ClN3O3/c1-17(23(29)30-2)15-27(16-18-6-4-3-5-7-18)22(28)19-10-12-26(13-11-19)21-9-8-20(24)14-25-21/h3-9,14,17,19H,10-13,15-16H2,1-2H3. The van der Waals surface area contributed by atoms with Crippen LogP contribution in [-0.2, 0) is 20.9 Å². The summed E-state index contributed by atoms with van der Waals surface area (Å²) in [7, 11) is 1.38. The first-order valence-electron chi connectivity index (χ1n) is 10.2. The van der Waals surface area contributed by atoms with Crippen molar-refractivity contribution in [2.45, 2.75) is 26.3 Å². The molecule has 1 aliphatic rings. The van der Waals surface area contributed by atoms with Gasteiger partial charge in [-0.15, -0.1) is 0 Å². The number of halogens is 1. The van der Waals surface area contributed by atoms with Crippen LogP contribution in [0.25, 0.3) is 0 Å². The fourth-order valence-corrected chi connectivity index (χ4v) is 3.92. The van der Waals surface area contributed by atoms with Gasteiger partial charge in [0.05, 0.1) is 18.1 Å². The van der Waals surface area contributed by atoms with Crippen LogP contribution in [0.15, 0.2) is 48.7 Å². The molecule has 0 radical (unpaired) electrons. The van der Waals surface area contributed by atoms with Crippen LogP contribution in [0.3, 0.4) is 0 Å². The summed E-state index contributed by atoms with van der Waals surface area (Å²) < 4.78 is 4.86. The Morgan fingerprint density at radius 3 is 2.50 bits per heavy atom. The molecule has 30 heavy (non-hydrogen) atoms. The highest BCUT2D eigenvalue weighted by Gasteiger charge is 2.31. The molecule has 1 unspecified atom stereocenters. The highest BCUT2D eigenvalue weighted by molar-refractivity contribution is 6.30. The highest BCUT2D eigenvalue weighted by atomic mass is 35.5. The molecule has 3 rings (SSSR count). The molecule has 1 atom stereocenters. The fourth-order valence-electron chi connectivity index (χ4n) is 3.81. The Hall–Kier alpha value is -2.60. The van der Waals surface area contributed by atoms with Gasteiger partial charge in [0.2, 0.25) is 5.91 Å². The smallest absolute Gasteiger partial charge is 0.310 e. The first-order valence-corrected chi connectivity index (χ1v) is 10.6. The van der Waals surface area contributed by atoms with Gasteiger partial charge >= 0.3 is 5.97 Å². The van der Waals surface area contributed by atoms with Gasteiger partial charge in [-0.3, -0.25) is 9.59 Å². The number of hydrogen-bond donors (Lipinski definition) is 0. The van der Waals surface area contributed by atoms with Gasteiger partial charge in [-0.1, -0.05) is 48.9 Å². The van der Waals surface area contributed by atoms with E-state index in [-0.39, 0.29) is 23.7 Å². The number of carbonyl (C=O) groups is 2. The zero-order valence-corrected chi connectivity index (χ0v) is 18.2. The van der Waals surface area contributed by atoms with Gasteiger partial charge in [0, 0.05) is 38.3 Å². The zero-order valence-electron chi connectivity index (χ0n) is 17.5. The van der Waals surface area contributed by atoms with E-state index in [1.165, 1.54) is 7.11 Å². The molecular formula is C23H28ClN3O3. The Kier molecular flexibility index (Phi) is 7.69. The van der Waals surface area contributed by atoms with E-state index in [0.29, 0.717) is 18.1 Å². The summed E-state index contributed by atoms with van der Waals surface area (Å²) in [6.45, 7) is 4.15. The molecular weight excluding hydrogens is 402 g/mol. The number of ether oxygens (including phenoxy) is 1. The van der Waals surface area contributed by atoms with Crippen LogP contribution in [-0.4, -0.2) is 48.5 Å². The van der Waals surface area contributed by atoms with E-state index >= 15 is 0 Å². The van der Waals surface area contributed by atoms with E-state index in [1.807, 2.05) is 42.5 Å². The number of esters is 1. The third kappa shape index (κ3) is 5.72. The molecule has 1 aromatic heterocycles. The Labute approximate surface area is 182 Å². The number of methoxy groups -OCH3 is 1. The minimum absolute atomic E-state index is 0.0675. The summed E-state index contributed by atoms with van der Waals surface area (Å²) in [5.74, 6) is 0.233. The number of amides is 1. The number of nitrogens with zero attached hydrogens (tertiary/aromatic N) is 3. The monoisotopic (exact) mass is 429 g/mol. The van der Waals surface area contributed by atoms with E-state index in [2.05, 4.69) is 9.88 Å².